The largest absolute Gasteiger partial charge is 0.348 e. The highest BCUT2D eigenvalue weighted by Gasteiger charge is 2.21. The van der Waals surface area contributed by atoms with E-state index in [1.165, 1.54) is 4.31 Å². The number of hydrogen-bond acceptors (Lipinski definition) is 3. The number of nitrogens with one attached hydrogen (secondary N) is 1. The Bertz CT molecular complexity index is 820. The molecule has 25 heavy (non-hydrogen) atoms. The van der Waals surface area contributed by atoms with Gasteiger partial charge < -0.3 is 5.32 Å². The summed E-state index contributed by atoms with van der Waals surface area (Å²) in [5.74, 6) is -0.322. The van der Waals surface area contributed by atoms with Crippen LogP contribution in [-0.2, 0) is 21.4 Å². The van der Waals surface area contributed by atoms with Gasteiger partial charge in [0, 0.05) is 6.54 Å². The fourth-order valence-corrected chi connectivity index (χ4v) is 3.41. The van der Waals surface area contributed by atoms with Crippen molar-refractivity contribution in [3.63, 3.8) is 0 Å². The molecule has 2 rings (SSSR count). The summed E-state index contributed by atoms with van der Waals surface area (Å²) in [6.45, 7) is 3.84. The number of rotatable bonds is 7. The quantitative estimate of drug-likeness (QED) is 0.825. The number of nitrogens with zero attached hydrogens (tertiary/aromatic N) is 1. The standard InChI is InChI=1S/C19H24N2O3S/c1-15-9-7-8-12-18(15)16(2)20-19(22)14-21(25(3,23)24)13-17-10-5-4-6-11-17/h4-12,16H,13-14H2,1-3H3,(H,20,22)/t16-/m1/s1. The van der Waals surface area contributed by atoms with Crippen LogP contribution in [-0.4, -0.2) is 31.4 Å². The van der Waals surface area contributed by atoms with Crippen molar-refractivity contribution in [2.75, 3.05) is 12.8 Å². The highest BCUT2D eigenvalue weighted by molar-refractivity contribution is 7.88. The van der Waals surface area contributed by atoms with Crippen molar-refractivity contribution in [3.8, 4) is 0 Å². The van der Waals surface area contributed by atoms with E-state index in [4.69, 9.17) is 0 Å². The Morgan fingerprint density at radius 2 is 1.68 bits per heavy atom. The number of hydrogen-bond donors (Lipinski definition) is 1. The van der Waals surface area contributed by atoms with Gasteiger partial charge in [-0.15, -0.1) is 0 Å². The Kier molecular flexibility index (Phi) is 6.33. The summed E-state index contributed by atoms with van der Waals surface area (Å²) in [4.78, 5) is 12.4. The summed E-state index contributed by atoms with van der Waals surface area (Å²) in [5, 5.41) is 2.88. The highest BCUT2D eigenvalue weighted by atomic mass is 32.2. The lowest BCUT2D eigenvalue weighted by atomic mass is 10.0. The van der Waals surface area contributed by atoms with Crippen molar-refractivity contribution in [2.45, 2.75) is 26.4 Å². The first-order chi connectivity index (χ1) is 11.8. The minimum absolute atomic E-state index is 0.172. The van der Waals surface area contributed by atoms with Gasteiger partial charge in [0.05, 0.1) is 18.8 Å². The highest BCUT2D eigenvalue weighted by Crippen LogP contribution is 2.16. The van der Waals surface area contributed by atoms with Crippen molar-refractivity contribution in [1.29, 1.82) is 0 Å². The first-order valence-electron chi connectivity index (χ1n) is 8.11. The Morgan fingerprint density at radius 1 is 1.08 bits per heavy atom. The third kappa shape index (κ3) is 5.69. The van der Waals surface area contributed by atoms with Crippen LogP contribution < -0.4 is 5.32 Å². The molecule has 0 aliphatic rings. The van der Waals surface area contributed by atoms with Gasteiger partial charge in [0.25, 0.3) is 0 Å². The molecule has 0 heterocycles. The zero-order valence-corrected chi connectivity index (χ0v) is 15.6. The van der Waals surface area contributed by atoms with E-state index in [2.05, 4.69) is 5.32 Å². The predicted molar refractivity (Wildman–Crippen MR) is 99.4 cm³/mol. The second-order valence-corrected chi connectivity index (χ2v) is 8.14. The van der Waals surface area contributed by atoms with Crippen molar-refractivity contribution in [1.82, 2.24) is 9.62 Å². The van der Waals surface area contributed by atoms with Gasteiger partial charge in [0.2, 0.25) is 15.9 Å². The van der Waals surface area contributed by atoms with Crippen molar-refractivity contribution >= 4 is 15.9 Å². The zero-order valence-electron chi connectivity index (χ0n) is 14.8. The van der Waals surface area contributed by atoms with E-state index in [1.807, 2.05) is 68.4 Å². The van der Waals surface area contributed by atoms with Gasteiger partial charge in [-0.05, 0) is 30.5 Å². The number of carbonyl (C=O) groups is 1. The second kappa shape index (κ2) is 8.27. The molecule has 0 aromatic heterocycles. The lowest BCUT2D eigenvalue weighted by molar-refractivity contribution is -0.122. The van der Waals surface area contributed by atoms with Crippen molar-refractivity contribution in [3.05, 3.63) is 71.3 Å². The maximum Gasteiger partial charge on any atom is 0.235 e. The van der Waals surface area contributed by atoms with Crippen LogP contribution in [0.25, 0.3) is 0 Å². The molecular weight excluding hydrogens is 336 g/mol. The second-order valence-electron chi connectivity index (χ2n) is 6.16. The molecule has 1 atom stereocenters. The Hall–Kier alpha value is -2.18. The predicted octanol–water partition coefficient (Wildman–Crippen LogP) is 2.63. The monoisotopic (exact) mass is 360 g/mol. The Labute approximate surface area is 149 Å². The molecule has 0 aliphatic heterocycles. The molecule has 134 valence electrons. The number of benzene rings is 2. The van der Waals surface area contributed by atoms with Gasteiger partial charge in [-0.1, -0.05) is 54.6 Å². The molecule has 2 aromatic rings. The van der Waals surface area contributed by atoms with Gasteiger partial charge in [-0.3, -0.25) is 4.79 Å². The average molecular weight is 360 g/mol. The smallest absolute Gasteiger partial charge is 0.235 e. The molecule has 1 amide bonds. The topological polar surface area (TPSA) is 66.5 Å². The Balaban J connectivity index is 2.06. The van der Waals surface area contributed by atoms with E-state index in [0.29, 0.717) is 0 Å². The summed E-state index contributed by atoms with van der Waals surface area (Å²) in [7, 11) is -3.49. The molecular formula is C19H24N2O3S. The van der Waals surface area contributed by atoms with Crippen LogP contribution in [0.4, 0.5) is 0 Å². The van der Waals surface area contributed by atoms with Crippen molar-refractivity contribution < 1.29 is 13.2 Å². The molecule has 0 saturated carbocycles. The van der Waals surface area contributed by atoms with Crippen molar-refractivity contribution in [2.24, 2.45) is 0 Å². The molecule has 0 spiro atoms. The summed E-state index contributed by atoms with van der Waals surface area (Å²) in [6, 6.07) is 16.8. The number of amides is 1. The van der Waals surface area contributed by atoms with Crippen LogP contribution in [0.3, 0.4) is 0 Å². The number of sulfonamides is 1. The third-order valence-electron chi connectivity index (χ3n) is 4.02. The molecule has 0 bridgehead atoms. The molecule has 6 heteroatoms. The SMILES string of the molecule is Cc1ccccc1[C@@H](C)NC(=O)CN(Cc1ccccc1)S(C)(=O)=O. The minimum atomic E-state index is -3.49. The van der Waals surface area contributed by atoms with Crippen LogP contribution >= 0.6 is 0 Å². The van der Waals surface area contributed by atoms with E-state index < -0.39 is 10.0 Å². The van der Waals surface area contributed by atoms with Gasteiger partial charge in [0.1, 0.15) is 0 Å². The fourth-order valence-electron chi connectivity index (χ4n) is 2.68. The summed E-state index contributed by atoms with van der Waals surface area (Å²) < 4.78 is 25.2. The van der Waals surface area contributed by atoms with E-state index in [0.717, 1.165) is 22.9 Å². The summed E-state index contributed by atoms with van der Waals surface area (Å²) in [6.07, 6.45) is 1.12. The lowest BCUT2D eigenvalue weighted by Gasteiger charge is -2.22. The normalized spacial score (nSPS) is 12.8. The first kappa shape index (κ1) is 19.1. The first-order valence-corrected chi connectivity index (χ1v) is 9.96. The van der Waals surface area contributed by atoms with Gasteiger partial charge in [-0.25, -0.2) is 8.42 Å². The number of aryl methyl sites for hydroxylation is 1. The third-order valence-corrected chi connectivity index (χ3v) is 5.22. The van der Waals surface area contributed by atoms with Crippen LogP contribution in [0.5, 0.6) is 0 Å². The van der Waals surface area contributed by atoms with E-state index in [-0.39, 0.29) is 25.0 Å². The van der Waals surface area contributed by atoms with Gasteiger partial charge >= 0.3 is 0 Å². The van der Waals surface area contributed by atoms with E-state index >= 15 is 0 Å². The lowest BCUT2D eigenvalue weighted by Crippen LogP contribution is -2.40. The molecule has 1 N–H and O–H groups in total. The average Bonchev–Trinajstić information content (AvgIpc) is 2.54. The molecule has 0 saturated heterocycles. The van der Waals surface area contributed by atoms with Crippen LogP contribution in [0.1, 0.15) is 29.7 Å². The van der Waals surface area contributed by atoms with Crippen LogP contribution in [0, 0.1) is 6.92 Å². The zero-order chi connectivity index (χ0) is 18.4. The minimum Gasteiger partial charge on any atom is -0.348 e. The number of carbonyl (C=O) groups excluding carboxylic acids is 1. The van der Waals surface area contributed by atoms with Gasteiger partial charge in [-0.2, -0.15) is 4.31 Å². The molecule has 0 fully saturated rings. The molecule has 0 aliphatic carbocycles. The van der Waals surface area contributed by atoms with E-state index in [1.54, 1.807) is 0 Å². The fraction of sp³-hybridized carbons (Fsp3) is 0.316. The van der Waals surface area contributed by atoms with Crippen LogP contribution in [0.15, 0.2) is 54.6 Å². The molecule has 2 aromatic carbocycles. The maximum atomic E-state index is 12.4. The Morgan fingerprint density at radius 3 is 2.28 bits per heavy atom. The summed E-state index contributed by atoms with van der Waals surface area (Å²) >= 11 is 0. The maximum absolute atomic E-state index is 12.4. The van der Waals surface area contributed by atoms with Crippen LogP contribution in [0.2, 0.25) is 0 Å². The van der Waals surface area contributed by atoms with Gasteiger partial charge in [0.15, 0.2) is 0 Å². The molecule has 5 nitrogen and oxygen atoms in total. The molecule has 0 unspecified atom stereocenters. The van der Waals surface area contributed by atoms with E-state index in [9.17, 15) is 13.2 Å². The summed E-state index contributed by atoms with van der Waals surface area (Å²) in [5.41, 5.74) is 2.94. The molecule has 0 radical (unpaired) electrons.